The monoisotopic (exact) mass is 406 g/mol. The summed E-state index contributed by atoms with van der Waals surface area (Å²) in [7, 11) is 0. The van der Waals surface area contributed by atoms with E-state index in [-0.39, 0.29) is 31.0 Å². The van der Waals surface area contributed by atoms with Gasteiger partial charge < -0.3 is 15.7 Å². The number of nitrogens with one attached hydrogen (secondary N) is 2. The molecule has 1 aliphatic heterocycles. The van der Waals surface area contributed by atoms with Gasteiger partial charge in [0.2, 0.25) is 0 Å². The Bertz CT molecular complexity index is 473. The third kappa shape index (κ3) is 7.97. The number of aromatic nitrogens is 1. The van der Waals surface area contributed by atoms with E-state index in [1.165, 1.54) is 18.5 Å². The fraction of sp³-hybridized carbons (Fsp3) is 0.737. The molecule has 2 rings (SSSR count). The van der Waals surface area contributed by atoms with Gasteiger partial charge in [-0.1, -0.05) is 19.8 Å². The molecular formula is C19H36Cl2N4O. The molecule has 1 saturated heterocycles. The van der Waals surface area contributed by atoms with Crippen LogP contribution in [0.5, 0.6) is 0 Å². The molecule has 0 amide bonds. The highest BCUT2D eigenvalue weighted by Gasteiger charge is 2.22. The number of nitrogens with zero attached hydrogens (tertiary/aromatic N) is 2. The first-order chi connectivity index (χ1) is 11.8. The molecule has 0 saturated carbocycles. The first kappa shape index (κ1) is 25.4. The number of aliphatic hydroxyl groups excluding tert-OH is 1. The maximum Gasteiger partial charge on any atom is 0.107 e. The van der Waals surface area contributed by atoms with Crippen molar-refractivity contribution in [3.63, 3.8) is 0 Å². The Morgan fingerprint density at radius 3 is 2.58 bits per heavy atom. The summed E-state index contributed by atoms with van der Waals surface area (Å²) in [5.74, 6) is 0.415. The van der Waals surface area contributed by atoms with Crippen LogP contribution in [0.3, 0.4) is 0 Å². The summed E-state index contributed by atoms with van der Waals surface area (Å²) < 4.78 is 0. The number of rotatable bonds is 10. The second-order valence-corrected chi connectivity index (χ2v) is 6.65. The van der Waals surface area contributed by atoms with Crippen LogP contribution in [-0.2, 0) is 0 Å². The first-order valence-electron chi connectivity index (χ1n) is 9.57. The van der Waals surface area contributed by atoms with Crippen LogP contribution in [0.15, 0.2) is 18.3 Å². The van der Waals surface area contributed by atoms with Crippen LogP contribution in [0, 0.1) is 0 Å². The van der Waals surface area contributed by atoms with Crippen molar-refractivity contribution in [3.8, 4) is 0 Å². The second-order valence-electron chi connectivity index (χ2n) is 6.65. The third-order valence-electron chi connectivity index (χ3n) is 4.85. The van der Waals surface area contributed by atoms with Gasteiger partial charge in [-0.3, -0.25) is 9.88 Å². The van der Waals surface area contributed by atoms with Crippen LogP contribution < -0.4 is 10.6 Å². The zero-order chi connectivity index (χ0) is 17.2. The van der Waals surface area contributed by atoms with E-state index in [4.69, 9.17) is 0 Å². The maximum absolute atomic E-state index is 10.5. The van der Waals surface area contributed by atoms with E-state index in [2.05, 4.69) is 40.4 Å². The van der Waals surface area contributed by atoms with Gasteiger partial charge in [0.1, 0.15) is 6.23 Å². The van der Waals surface area contributed by atoms with Gasteiger partial charge >= 0.3 is 0 Å². The Kier molecular flexibility index (Phi) is 14.1. The molecule has 2 heterocycles. The van der Waals surface area contributed by atoms with Crippen LogP contribution >= 0.6 is 24.8 Å². The minimum absolute atomic E-state index is 0. The summed E-state index contributed by atoms with van der Waals surface area (Å²) in [6.45, 7) is 9.08. The Morgan fingerprint density at radius 1 is 1.19 bits per heavy atom. The number of halogens is 2. The van der Waals surface area contributed by atoms with Crippen molar-refractivity contribution in [3.05, 3.63) is 24.0 Å². The molecule has 0 aliphatic carbocycles. The SMILES string of the molecule is CCCCC(CCC(O)N1CCNCC1)c1ncccc1NCC.Cl.Cl. The molecule has 7 heteroatoms. The molecule has 0 aromatic carbocycles. The van der Waals surface area contributed by atoms with Crippen molar-refractivity contribution in [1.82, 2.24) is 15.2 Å². The van der Waals surface area contributed by atoms with Crippen molar-refractivity contribution in [2.75, 3.05) is 38.0 Å². The van der Waals surface area contributed by atoms with Gasteiger partial charge in [-0.05, 0) is 38.3 Å². The average Bonchev–Trinajstić information content (AvgIpc) is 2.63. The number of unbranched alkanes of at least 4 members (excludes halogenated alkanes) is 1. The molecule has 3 N–H and O–H groups in total. The smallest absolute Gasteiger partial charge is 0.107 e. The molecule has 26 heavy (non-hydrogen) atoms. The lowest BCUT2D eigenvalue weighted by molar-refractivity contribution is -0.0117. The highest BCUT2D eigenvalue weighted by molar-refractivity contribution is 5.85. The molecule has 5 nitrogen and oxygen atoms in total. The van der Waals surface area contributed by atoms with E-state index < -0.39 is 0 Å². The van der Waals surface area contributed by atoms with Gasteiger partial charge in [0.25, 0.3) is 0 Å². The zero-order valence-corrected chi connectivity index (χ0v) is 17.7. The molecular weight excluding hydrogens is 371 g/mol. The number of hydrogen-bond acceptors (Lipinski definition) is 5. The standard InChI is InChI=1S/C19H34N4O.2ClH/c1-3-5-7-16(19-17(21-4-2)8-6-11-22-19)9-10-18(24)23-14-12-20-13-15-23;;/h6,8,11,16,18,20-21,24H,3-5,7,9-10,12-15H2,1-2H3;2*1H. The largest absolute Gasteiger partial charge is 0.384 e. The van der Waals surface area contributed by atoms with Gasteiger partial charge in [-0.25, -0.2) is 0 Å². The van der Waals surface area contributed by atoms with Gasteiger partial charge in [0.05, 0.1) is 11.4 Å². The zero-order valence-electron chi connectivity index (χ0n) is 16.1. The summed E-state index contributed by atoms with van der Waals surface area (Å²) in [6, 6.07) is 4.12. The third-order valence-corrected chi connectivity index (χ3v) is 4.85. The minimum atomic E-state index is -0.331. The summed E-state index contributed by atoms with van der Waals surface area (Å²) >= 11 is 0. The Balaban J connectivity index is 0.00000312. The number of hydrogen-bond donors (Lipinski definition) is 3. The van der Waals surface area contributed by atoms with Crippen molar-refractivity contribution in [2.45, 2.75) is 58.1 Å². The van der Waals surface area contributed by atoms with Crippen LogP contribution in [0.2, 0.25) is 0 Å². The maximum atomic E-state index is 10.5. The lowest BCUT2D eigenvalue weighted by Gasteiger charge is -2.32. The highest BCUT2D eigenvalue weighted by atomic mass is 35.5. The van der Waals surface area contributed by atoms with Crippen molar-refractivity contribution < 1.29 is 5.11 Å². The lowest BCUT2D eigenvalue weighted by atomic mass is 9.91. The van der Waals surface area contributed by atoms with E-state index in [1.807, 2.05) is 12.3 Å². The Hall–Kier alpha value is -0.590. The molecule has 2 unspecified atom stereocenters. The minimum Gasteiger partial charge on any atom is -0.384 e. The predicted octanol–water partition coefficient (Wildman–Crippen LogP) is 3.63. The fourth-order valence-corrected chi connectivity index (χ4v) is 3.46. The Morgan fingerprint density at radius 2 is 1.92 bits per heavy atom. The van der Waals surface area contributed by atoms with E-state index in [0.29, 0.717) is 5.92 Å². The quantitative estimate of drug-likeness (QED) is 0.553. The molecule has 2 atom stereocenters. The molecule has 1 fully saturated rings. The molecule has 0 radical (unpaired) electrons. The van der Waals surface area contributed by atoms with E-state index >= 15 is 0 Å². The topological polar surface area (TPSA) is 60.4 Å². The van der Waals surface area contributed by atoms with E-state index in [0.717, 1.165) is 57.7 Å². The summed E-state index contributed by atoms with van der Waals surface area (Å²) in [5, 5.41) is 17.3. The summed E-state index contributed by atoms with van der Waals surface area (Å²) in [5.41, 5.74) is 2.32. The van der Waals surface area contributed by atoms with Crippen LogP contribution in [-0.4, -0.2) is 53.9 Å². The molecule has 1 aromatic heterocycles. The summed E-state index contributed by atoms with van der Waals surface area (Å²) in [4.78, 5) is 6.86. The summed E-state index contributed by atoms with van der Waals surface area (Å²) in [6.07, 6.45) is 6.90. The van der Waals surface area contributed by atoms with Gasteiger partial charge in [-0.2, -0.15) is 0 Å². The number of piperazine rings is 1. The van der Waals surface area contributed by atoms with Crippen molar-refractivity contribution in [2.24, 2.45) is 0 Å². The predicted molar refractivity (Wildman–Crippen MR) is 115 cm³/mol. The van der Waals surface area contributed by atoms with Crippen molar-refractivity contribution in [1.29, 1.82) is 0 Å². The molecule has 0 spiro atoms. The normalized spacial score (nSPS) is 16.9. The molecule has 1 aliphatic rings. The lowest BCUT2D eigenvalue weighted by Crippen LogP contribution is -2.48. The molecule has 1 aromatic rings. The first-order valence-corrected chi connectivity index (χ1v) is 9.57. The van der Waals surface area contributed by atoms with Crippen molar-refractivity contribution >= 4 is 30.5 Å². The van der Waals surface area contributed by atoms with E-state index in [9.17, 15) is 5.11 Å². The number of aliphatic hydroxyl groups is 1. The average molecular weight is 407 g/mol. The van der Waals surface area contributed by atoms with Crippen LogP contribution in [0.4, 0.5) is 5.69 Å². The van der Waals surface area contributed by atoms with Gasteiger partial charge in [0, 0.05) is 44.8 Å². The Labute approximate surface area is 171 Å². The second kappa shape index (κ2) is 14.5. The highest BCUT2D eigenvalue weighted by Crippen LogP contribution is 2.31. The fourth-order valence-electron chi connectivity index (χ4n) is 3.46. The van der Waals surface area contributed by atoms with Gasteiger partial charge in [-0.15, -0.1) is 24.8 Å². The van der Waals surface area contributed by atoms with E-state index in [1.54, 1.807) is 0 Å². The van der Waals surface area contributed by atoms with Crippen LogP contribution in [0.25, 0.3) is 0 Å². The number of anilines is 1. The molecule has 0 bridgehead atoms. The molecule has 152 valence electrons. The van der Waals surface area contributed by atoms with Crippen LogP contribution in [0.1, 0.15) is 57.6 Å². The number of pyridine rings is 1. The van der Waals surface area contributed by atoms with Gasteiger partial charge in [0.15, 0.2) is 0 Å².